The highest BCUT2D eigenvalue weighted by Gasteiger charge is 2.16. The summed E-state index contributed by atoms with van der Waals surface area (Å²) in [5.74, 6) is 2.93. The molecule has 9 nitrogen and oxygen atoms in total. The average Bonchev–Trinajstić information content (AvgIpc) is 2.86. The normalized spacial score (nSPS) is 11.1. The average molecular weight is 534 g/mol. The number of hydrogen-bond acceptors (Lipinski definition) is 6. The van der Waals surface area contributed by atoms with E-state index in [1.54, 1.807) is 19.1 Å². The van der Waals surface area contributed by atoms with Crippen molar-refractivity contribution in [1.29, 1.82) is 0 Å². The van der Waals surface area contributed by atoms with Crippen molar-refractivity contribution < 1.29 is 14.4 Å². The molecule has 0 atom stereocenters. The number of aromatic nitrogens is 2. The molecule has 2 amide bonds. The maximum absolute atomic E-state index is 12.5. The summed E-state index contributed by atoms with van der Waals surface area (Å²) in [7, 11) is -2.16. The van der Waals surface area contributed by atoms with Gasteiger partial charge in [-0.3, -0.25) is 14.4 Å². The van der Waals surface area contributed by atoms with Crippen molar-refractivity contribution in [2.24, 2.45) is 0 Å². The number of rotatable bonds is 12. The van der Waals surface area contributed by atoms with Gasteiger partial charge in [-0.2, -0.15) is 0 Å². The first kappa shape index (κ1) is 28.6. The maximum Gasteiger partial charge on any atom is 0.258 e. The molecule has 0 spiro atoms. The zero-order valence-corrected chi connectivity index (χ0v) is 23.1. The maximum atomic E-state index is 12.5. The number of aromatic amines is 1. The molecule has 0 bridgehead atoms. The van der Waals surface area contributed by atoms with E-state index < -0.39 is 8.32 Å². The Morgan fingerprint density at radius 3 is 2.55 bits per heavy atom. The number of hydrogen-bond donors (Lipinski definition) is 4. The number of amides is 2. The number of anilines is 1. The number of aryl methyl sites for hydroxylation is 1. The predicted octanol–water partition coefficient (Wildman–Crippen LogP) is 2.69. The molecule has 0 aliphatic heterocycles. The standard InChI is InChI=1S/C28H35N5O4Si/c1-5-16-33(19-21-8-13-25-24(18-21)28(36)32-20(2)31-25)23-11-9-22(10-12-23)27(35)30-14-6-7-26(34)29-15-17-38(3,4)37/h1,8-13,18,37H,6-7,14-17,19H2,2-4H3,(H,29,34)(H,30,35)(H,31,32,36). The molecule has 0 aliphatic rings. The number of benzene rings is 2. The van der Waals surface area contributed by atoms with Crippen LogP contribution in [-0.4, -0.2) is 54.5 Å². The van der Waals surface area contributed by atoms with E-state index in [9.17, 15) is 19.2 Å². The van der Waals surface area contributed by atoms with Crippen molar-refractivity contribution in [1.82, 2.24) is 20.6 Å². The molecule has 0 unspecified atom stereocenters. The summed E-state index contributed by atoms with van der Waals surface area (Å²) in [5, 5.41) is 6.16. The highest BCUT2D eigenvalue weighted by Crippen LogP contribution is 2.20. The fraction of sp³-hybridized carbons (Fsp3) is 0.357. The topological polar surface area (TPSA) is 127 Å². The van der Waals surface area contributed by atoms with Gasteiger partial charge >= 0.3 is 0 Å². The Morgan fingerprint density at radius 1 is 1.13 bits per heavy atom. The van der Waals surface area contributed by atoms with E-state index in [4.69, 9.17) is 6.42 Å². The molecule has 38 heavy (non-hydrogen) atoms. The quantitative estimate of drug-likeness (QED) is 0.161. The van der Waals surface area contributed by atoms with Crippen LogP contribution >= 0.6 is 0 Å². The minimum Gasteiger partial charge on any atom is -0.432 e. The minimum atomic E-state index is -2.16. The summed E-state index contributed by atoms with van der Waals surface area (Å²) >= 11 is 0. The van der Waals surface area contributed by atoms with E-state index in [0.717, 1.165) is 11.3 Å². The Morgan fingerprint density at radius 2 is 1.87 bits per heavy atom. The van der Waals surface area contributed by atoms with Crippen molar-refractivity contribution in [3.05, 3.63) is 69.8 Å². The third-order valence-corrected chi connectivity index (χ3v) is 7.44. The van der Waals surface area contributed by atoms with Gasteiger partial charge in [-0.05, 0) is 74.4 Å². The van der Waals surface area contributed by atoms with Crippen LogP contribution in [0.2, 0.25) is 19.1 Å². The number of nitrogens with one attached hydrogen (secondary N) is 3. The van der Waals surface area contributed by atoms with Gasteiger partial charge in [-0.15, -0.1) is 6.42 Å². The summed E-state index contributed by atoms with van der Waals surface area (Å²) in [6.45, 7) is 7.11. The molecule has 4 N–H and O–H groups in total. The number of carbonyl (C=O) groups is 2. The lowest BCUT2D eigenvalue weighted by Gasteiger charge is -2.23. The van der Waals surface area contributed by atoms with E-state index in [2.05, 4.69) is 26.5 Å². The largest absolute Gasteiger partial charge is 0.432 e. The Hall–Kier alpha value is -3.94. The minimum absolute atomic E-state index is 0.0853. The van der Waals surface area contributed by atoms with Crippen molar-refractivity contribution in [2.45, 2.75) is 45.4 Å². The number of carbonyl (C=O) groups excluding carboxylic acids is 2. The highest BCUT2D eigenvalue weighted by molar-refractivity contribution is 6.69. The molecule has 0 radical (unpaired) electrons. The van der Waals surface area contributed by atoms with Crippen LogP contribution in [0, 0.1) is 19.3 Å². The number of fused-ring (bicyclic) bond motifs is 1. The van der Waals surface area contributed by atoms with Crippen LogP contribution in [-0.2, 0) is 11.3 Å². The molecule has 3 rings (SSSR count). The van der Waals surface area contributed by atoms with Crippen molar-refractivity contribution in [3.63, 3.8) is 0 Å². The zero-order chi connectivity index (χ0) is 27.7. The van der Waals surface area contributed by atoms with Gasteiger partial charge < -0.3 is 25.3 Å². The summed E-state index contributed by atoms with van der Waals surface area (Å²) in [6, 6.07) is 13.3. The molecule has 0 saturated heterocycles. The lowest BCUT2D eigenvalue weighted by molar-refractivity contribution is -0.121. The third-order valence-electron chi connectivity index (χ3n) is 5.96. The Bertz CT molecular complexity index is 1370. The van der Waals surface area contributed by atoms with Gasteiger partial charge in [0.15, 0.2) is 8.32 Å². The van der Waals surface area contributed by atoms with Gasteiger partial charge in [0.25, 0.3) is 11.5 Å². The Labute approximate surface area is 223 Å². The highest BCUT2D eigenvalue weighted by atomic mass is 28.4. The lowest BCUT2D eigenvalue weighted by atomic mass is 10.1. The molecular weight excluding hydrogens is 498 g/mol. The van der Waals surface area contributed by atoms with Crippen LogP contribution in [0.25, 0.3) is 10.9 Å². The Kier molecular flexibility index (Phi) is 9.82. The lowest BCUT2D eigenvalue weighted by Crippen LogP contribution is -2.33. The van der Waals surface area contributed by atoms with Crippen LogP contribution in [0.1, 0.15) is 34.6 Å². The van der Waals surface area contributed by atoms with Gasteiger partial charge in [0.05, 0.1) is 17.4 Å². The number of terminal acetylenes is 1. The predicted molar refractivity (Wildman–Crippen MR) is 153 cm³/mol. The van der Waals surface area contributed by atoms with Crippen molar-refractivity contribution in [2.75, 3.05) is 24.5 Å². The van der Waals surface area contributed by atoms with Gasteiger partial charge in [-0.1, -0.05) is 12.0 Å². The molecule has 3 aromatic rings. The van der Waals surface area contributed by atoms with E-state index in [1.807, 2.05) is 48.3 Å². The molecule has 200 valence electrons. The first-order chi connectivity index (χ1) is 18.1. The summed E-state index contributed by atoms with van der Waals surface area (Å²) in [4.78, 5) is 55.7. The van der Waals surface area contributed by atoms with E-state index in [1.165, 1.54) is 0 Å². The van der Waals surface area contributed by atoms with E-state index in [-0.39, 0.29) is 17.4 Å². The number of H-pyrrole nitrogens is 1. The molecule has 1 heterocycles. The van der Waals surface area contributed by atoms with Gasteiger partial charge in [0, 0.05) is 37.3 Å². The van der Waals surface area contributed by atoms with E-state index >= 15 is 0 Å². The smallest absolute Gasteiger partial charge is 0.258 e. The second kappa shape index (κ2) is 13.0. The van der Waals surface area contributed by atoms with Gasteiger partial charge in [0.2, 0.25) is 5.91 Å². The van der Waals surface area contributed by atoms with Crippen LogP contribution in [0.4, 0.5) is 5.69 Å². The number of nitrogens with zero attached hydrogens (tertiary/aromatic N) is 2. The molecule has 10 heteroatoms. The Balaban J connectivity index is 1.54. The monoisotopic (exact) mass is 533 g/mol. The summed E-state index contributed by atoms with van der Waals surface area (Å²) in [5.41, 5.74) is 2.73. The van der Waals surface area contributed by atoms with Crippen LogP contribution in [0.5, 0.6) is 0 Å². The molecule has 0 aliphatic carbocycles. The second-order valence-corrected chi connectivity index (χ2v) is 14.0. The SMILES string of the molecule is C#CCN(Cc1ccc2nc(C)[nH]c(=O)c2c1)c1ccc(C(=O)NCCCC(=O)NCC[Si](C)(C)O)cc1. The summed E-state index contributed by atoms with van der Waals surface area (Å²) < 4.78 is 0. The zero-order valence-electron chi connectivity index (χ0n) is 22.1. The first-order valence-corrected chi connectivity index (χ1v) is 15.8. The van der Waals surface area contributed by atoms with Crippen molar-refractivity contribution in [3.8, 4) is 12.3 Å². The van der Waals surface area contributed by atoms with Crippen LogP contribution in [0.15, 0.2) is 47.3 Å². The third kappa shape index (κ3) is 8.57. The molecule has 1 aromatic heterocycles. The van der Waals surface area contributed by atoms with Gasteiger partial charge in [0.1, 0.15) is 5.82 Å². The van der Waals surface area contributed by atoms with Crippen LogP contribution in [0.3, 0.4) is 0 Å². The molecule has 2 aromatic carbocycles. The van der Waals surface area contributed by atoms with Gasteiger partial charge in [-0.25, -0.2) is 4.98 Å². The molecule has 0 fully saturated rings. The fourth-order valence-corrected chi connectivity index (χ4v) is 4.68. The van der Waals surface area contributed by atoms with Crippen molar-refractivity contribution >= 4 is 36.7 Å². The molecular formula is C28H35N5O4Si. The first-order valence-electron chi connectivity index (χ1n) is 12.6. The van der Waals surface area contributed by atoms with E-state index in [0.29, 0.717) is 67.4 Å². The molecule has 0 saturated carbocycles. The summed E-state index contributed by atoms with van der Waals surface area (Å²) in [6.07, 6.45) is 6.44. The van der Waals surface area contributed by atoms with Crippen LogP contribution < -0.4 is 21.1 Å². The second-order valence-electron chi connectivity index (χ2n) is 9.88. The fourth-order valence-electron chi connectivity index (χ4n) is 3.94.